The fraction of sp³-hybridized carbons (Fsp3) is 0.0526. The summed E-state index contributed by atoms with van der Waals surface area (Å²) in [5.74, 6) is -0.286. The van der Waals surface area contributed by atoms with Crippen LogP contribution in [0.3, 0.4) is 0 Å². The van der Waals surface area contributed by atoms with Crippen LogP contribution in [0.15, 0.2) is 58.4 Å². The number of nitriles is 1. The number of nitrogens with zero attached hydrogens (tertiary/aromatic N) is 3. The molecule has 26 heavy (non-hydrogen) atoms. The Morgan fingerprint density at radius 2 is 2.04 bits per heavy atom. The van der Waals surface area contributed by atoms with E-state index in [1.54, 1.807) is 30.3 Å². The van der Waals surface area contributed by atoms with E-state index in [9.17, 15) is 14.4 Å². The van der Waals surface area contributed by atoms with E-state index in [0.29, 0.717) is 11.1 Å². The zero-order valence-electron chi connectivity index (χ0n) is 13.8. The highest BCUT2D eigenvalue weighted by molar-refractivity contribution is 5.82. The van der Waals surface area contributed by atoms with Gasteiger partial charge in [0.15, 0.2) is 0 Å². The number of nitrogens with one attached hydrogen (secondary N) is 2. The molecule has 0 aliphatic carbocycles. The molecule has 1 aromatic heterocycles. The standard InChI is InChI=1S/C19H14FN5O/c1-12-7-8-15(20)9-14(12)11-22-25-19-23-17(13-5-3-2-4-6-13)16(10-21)18(26)24-19/h2-9,11H,1H3,(H2,23,24,25,26). The van der Waals surface area contributed by atoms with Gasteiger partial charge in [0.05, 0.1) is 11.9 Å². The molecule has 0 aliphatic heterocycles. The maximum absolute atomic E-state index is 13.3. The van der Waals surface area contributed by atoms with Crippen molar-refractivity contribution in [3.05, 3.63) is 81.4 Å². The number of H-pyrrole nitrogens is 1. The molecule has 0 radical (unpaired) electrons. The highest BCUT2D eigenvalue weighted by Gasteiger charge is 2.12. The molecular weight excluding hydrogens is 333 g/mol. The summed E-state index contributed by atoms with van der Waals surface area (Å²) in [6.45, 7) is 1.83. The number of aromatic nitrogens is 2. The van der Waals surface area contributed by atoms with E-state index in [1.165, 1.54) is 18.3 Å². The molecule has 0 amide bonds. The second-order valence-corrected chi connectivity index (χ2v) is 5.49. The van der Waals surface area contributed by atoms with E-state index in [0.717, 1.165) is 5.56 Å². The number of halogens is 1. The number of aryl methyl sites for hydroxylation is 1. The Hall–Kier alpha value is -3.79. The van der Waals surface area contributed by atoms with E-state index in [4.69, 9.17) is 0 Å². The summed E-state index contributed by atoms with van der Waals surface area (Å²) in [6, 6.07) is 15.2. The summed E-state index contributed by atoms with van der Waals surface area (Å²) >= 11 is 0. The minimum Gasteiger partial charge on any atom is -0.290 e. The molecule has 3 rings (SSSR count). The van der Waals surface area contributed by atoms with E-state index < -0.39 is 5.56 Å². The first kappa shape index (κ1) is 17.0. The normalized spacial score (nSPS) is 10.7. The minimum absolute atomic E-state index is 0.0771. The molecule has 0 saturated carbocycles. The van der Waals surface area contributed by atoms with Crippen molar-refractivity contribution in [3.63, 3.8) is 0 Å². The lowest BCUT2D eigenvalue weighted by Gasteiger charge is -2.06. The van der Waals surface area contributed by atoms with Gasteiger partial charge < -0.3 is 0 Å². The highest BCUT2D eigenvalue weighted by Crippen LogP contribution is 2.19. The third-order valence-electron chi connectivity index (χ3n) is 3.69. The lowest BCUT2D eigenvalue weighted by atomic mass is 10.1. The van der Waals surface area contributed by atoms with Crippen molar-refractivity contribution < 1.29 is 4.39 Å². The molecule has 0 unspecified atom stereocenters. The summed E-state index contributed by atoms with van der Waals surface area (Å²) in [7, 11) is 0. The minimum atomic E-state index is -0.569. The van der Waals surface area contributed by atoms with Crippen molar-refractivity contribution in [1.29, 1.82) is 5.26 Å². The fourth-order valence-corrected chi connectivity index (χ4v) is 2.35. The van der Waals surface area contributed by atoms with Gasteiger partial charge in [-0.25, -0.2) is 14.8 Å². The molecule has 3 aromatic rings. The van der Waals surface area contributed by atoms with Gasteiger partial charge in [-0.3, -0.25) is 9.78 Å². The number of hydrazone groups is 1. The predicted octanol–water partition coefficient (Wildman–Crippen LogP) is 3.20. The van der Waals surface area contributed by atoms with Gasteiger partial charge in [0.1, 0.15) is 17.4 Å². The molecule has 6 nitrogen and oxygen atoms in total. The van der Waals surface area contributed by atoms with Crippen molar-refractivity contribution in [3.8, 4) is 17.3 Å². The third kappa shape index (κ3) is 3.65. The maximum Gasteiger partial charge on any atom is 0.270 e. The number of hydrogen-bond donors (Lipinski definition) is 2. The molecule has 0 saturated heterocycles. The zero-order valence-corrected chi connectivity index (χ0v) is 13.8. The van der Waals surface area contributed by atoms with Crippen molar-refractivity contribution in [2.45, 2.75) is 6.92 Å². The van der Waals surface area contributed by atoms with Gasteiger partial charge in [-0.15, -0.1) is 0 Å². The Kier molecular flexibility index (Phi) is 4.85. The molecule has 0 atom stereocenters. The van der Waals surface area contributed by atoms with Crippen molar-refractivity contribution >= 4 is 12.2 Å². The zero-order chi connectivity index (χ0) is 18.5. The number of benzene rings is 2. The molecule has 128 valence electrons. The largest absolute Gasteiger partial charge is 0.290 e. The fourth-order valence-electron chi connectivity index (χ4n) is 2.35. The van der Waals surface area contributed by atoms with Crippen molar-refractivity contribution in [2.24, 2.45) is 5.10 Å². The molecule has 2 aromatic carbocycles. The lowest BCUT2D eigenvalue weighted by molar-refractivity contribution is 0.627. The predicted molar refractivity (Wildman–Crippen MR) is 97.4 cm³/mol. The first-order valence-corrected chi connectivity index (χ1v) is 7.73. The number of anilines is 1. The topological polar surface area (TPSA) is 93.9 Å². The molecule has 2 N–H and O–H groups in total. The van der Waals surface area contributed by atoms with Gasteiger partial charge in [-0.2, -0.15) is 10.4 Å². The molecular formula is C19H14FN5O. The quantitative estimate of drug-likeness (QED) is 0.560. The molecule has 0 aliphatic rings. The Bertz CT molecular complexity index is 1070. The number of rotatable bonds is 4. The molecule has 0 bridgehead atoms. The monoisotopic (exact) mass is 347 g/mol. The summed E-state index contributed by atoms with van der Waals surface area (Å²) in [5, 5.41) is 13.2. The summed E-state index contributed by atoms with van der Waals surface area (Å²) in [4.78, 5) is 18.9. The van der Waals surface area contributed by atoms with Gasteiger partial charge in [0.2, 0.25) is 5.95 Å². The van der Waals surface area contributed by atoms with Gasteiger partial charge >= 0.3 is 0 Å². The molecule has 0 fully saturated rings. The molecule has 1 heterocycles. The van der Waals surface area contributed by atoms with Crippen LogP contribution in [0.2, 0.25) is 0 Å². The summed E-state index contributed by atoms with van der Waals surface area (Å²) < 4.78 is 13.3. The summed E-state index contributed by atoms with van der Waals surface area (Å²) in [6.07, 6.45) is 1.43. The van der Waals surface area contributed by atoms with Crippen LogP contribution < -0.4 is 11.0 Å². The van der Waals surface area contributed by atoms with E-state index in [2.05, 4.69) is 20.5 Å². The average molecular weight is 347 g/mol. The Morgan fingerprint density at radius 3 is 2.77 bits per heavy atom. The Labute approximate surface area is 148 Å². The van der Waals surface area contributed by atoms with E-state index >= 15 is 0 Å². The lowest BCUT2D eigenvalue weighted by Crippen LogP contribution is -2.16. The Balaban J connectivity index is 1.93. The number of aromatic amines is 1. The SMILES string of the molecule is Cc1ccc(F)cc1C=NNc1nc(-c2ccccc2)c(C#N)c(=O)[nH]1. The van der Waals surface area contributed by atoms with Crippen LogP contribution in [0.1, 0.15) is 16.7 Å². The smallest absolute Gasteiger partial charge is 0.270 e. The highest BCUT2D eigenvalue weighted by atomic mass is 19.1. The Morgan fingerprint density at radius 1 is 1.27 bits per heavy atom. The number of hydrogen-bond acceptors (Lipinski definition) is 5. The second-order valence-electron chi connectivity index (χ2n) is 5.49. The van der Waals surface area contributed by atoms with Gasteiger partial charge in [-0.05, 0) is 24.6 Å². The van der Waals surface area contributed by atoms with E-state index in [-0.39, 0.29) is 23.0 Å². The van der Waals surface area contributed by atoms with Crippen molar-refractivity contribution in [1.82, 2.24) is 9.97 Å². The first-order chi connectivity index (χ1) is 12.6. The van der Waals surface area contributed by atoms with Crippen LogP contribution in [0.5, 0.6) is 0 Å². The first-order valence-electron chi connectivity index (χ1n) is 7.73. The second kappa shape index (κ2) is 7.40. The molecule has 7 heteroatoms. The van der Waals surface area contributed by atoms with Gasteiger partial charge in [-0.1, -0.05) is 36.4 Å². The van der Waals surface area contributed by atoms with Gasteiger partial charge in [0, 0.05) is 11.1 Å². The maximum atomic E-state index is 13.3. The van der Waals surface area contributed by atoms with E-state index in [1.807, 2.05) is 19.1 Å². The van der Waals surface area contributed by atoms with Gasteiger partial charge in [0.25, 0.3) is 5.56 Å². The average Bonchev–Trinajstić information content (AvgIpc) is 2.65. The molecule has 0 spiro atoms. The summed E-state index contributed by atoms with van der Waals surface area (Å²) in [5.41, 5.74) is 4.31. The van der Waals surface area contributed by atoms with Crippen molar-refractivity contribution in [2.75, 3.05) is 5.43 Å². The van der Waals surface area contributed by atoms with Crippen LogP contribution in [0, 0.1) is 24.1 Å². The third-order valence-corrected chi connectivity index (χ3v) is 3.69. The van der Waals surface area contributed by atoms with Crippen LogP contribution in [-0.4, -0.2) is 16.2 Å². The van der Waals surface area contributed by atoms with Crippen LogP contribution in [0.25, 0.3) is 11.3 Å². The van der Waals surface area contributed by atoms with Crippen LogP contribution in [0.4, 0.5) is 10.3 Å². The van der Waals surface area contributed by atoms with Crippen LogP contribution >= 0.6 is 0 Å². The van der Waals surface area contributed by atoms with Crippen LogP contribution in [-0.2, 0) is 0 Å².